The summed E-state index contributed by atoms with van der Waals surface area (Å²) < 4.78 is 18.6. The van der Waals surface area contributed by atoms with Crippen LogP contribution in [0.5, 0.6) is 0 Å². The lowest BCUT2D eigenvalue weighted by atomic mass is 10.2. The Morgan fingerprint density at radius 1 is 1.54 bits per heavy atom. The number of nitro groups is 1. The fraction of sp³-hybridized carbons (Fsp3) is 0.800. The molecule has 0 aliphatic carbocycles. The Morgan fingerprint density at radius 2 is 2.42 bits per heavy atom. The first-order chi connectivity index (χ1) is 12.7. The average Bonchev–Trinajstić information content (AvgIpc) is 3.10. The predicted octanol–water partition coefficient (Wildman–Crippen LogP) is 2.81. The number of aromatic nitrogens is 2. The summed E-state index contributed by atoms with van der Waals surface area (Å²) in [6.45, 7) is 2.14. The molecule has 2 rings (SSSR count). The van der Waals surface area contributed by atoms with Gasteiger partial charge in [0.15, 0.2) is 6.29 Å². The van der Waals surface area contributed by atoms with Crippen LogP contribution in [0.2, 0.25) is 0 Å². The first-order valence-electron chi connectivity index (χ1n) is 8.72. The molecule has 0 bridgehead atoms. The molecule has 0 radical (unpaired) electrons. The van der Waals surface area contributed by atoms with Crippen molar-refractivity contribution >= 4 is 5.95 Å². The standard InChI is InChI=1S/C15H24N6O5/c16-19-18-6-2-4-9-24-12-13(26-14-5-1-3-10-25-14)11-20-8-7-17-15(20)21(22)23/h7-8,13-14H,1-6,9-12H2. The van der Waals surface area contributed by atoms with E-state index in [2.05, 4.69) is 15.0 Å². The zero-order valence-corrected chi connectivity index (χ0v) is 14.6. The van der Waals surface area contributed by atoms with E-state index in [1.165, 1.54) is 10.8 Å². The molecule has 1 aromatic rings. The minimum Gasteiger partial charge on any atom is -0.390 e. The molecule has 0 saturated carbocycles. The lowest BCUT2D eigenvalue weighted by Crippen LogP contribution is -2.33. The summed E-state index contributed by atoms with van der Waals surface area (Å²) in [6, 6.07) is 0. The highest BCUT2D eigenvalue weighted by Crippen LogP contribution is 2.18. The number of azide groups is 1. The van der Waals surface area contributed by atoms with Gasteiger partial charge in [0, 0.05) is 24.7 Å². The van der Waals surface area contributed by atoms with E-state index in [-0.39, 0.29) is 31.5 Å². The van der Waals surface area contributed by atoms with Crippen molar-refractivity contribution in [2.45, 2.75) is 51.0 Å². The molecule has 2 unspecified atom stereocenters. The highest BCUT2D eigenvalue weighted by Gasteiger charge is 2.24. The largest absolute Gasteiger partial charge is 0.434 e. The van der Waals surface area contributed by atoms with Gasteiger partial charge in [0.1, 0.15) is 25.0 Å². The Labute approximate surface area is 151 Å². The van der Waals surface area contributed by atoms with Crippen molar-refractivity contribution in [3.05, 3.63) is 33.0 Å². The molecule has 11 heteroatoms. The van der Waals surface area contributed by atoms with Crippen LogP contribution in [0, 0.1) is 10.1 Å². The quantitative estimate of drug-likeness (QED) is 0.139. The van der Waals surface area contributed by atoms with Crippen molar-refractivity contribution in [2.75, 3.05) is 26.4 Å². The fourth-order valence-electron chi connectivity index (χ4n) is 2.65. The molecule has 0 spiro atoms. The van der Waals surface area contributed by atoms with E-state index in [4.69, 9.17) is 19.7 Å². The van der Waals surface area contributed by atoms with Crippen molar-refractivity contribution in [3.63, 3.8) is 0 Å². The Kier molecular flexibility index (Phi) is 8.84. The summed E-state index contributed by atoms with van der Waals surface area (Å²) >= 11 is 0. The first kappa shape index (κ1) is 20.1. The van der Waals surface area contributed by atoms with Gasteiger partial charge in [-0.2, -0.15) is 0 Å². The molecule has 2 atom stereocenters. The Hall–Kier alpha value is -2.20. The Bertz CT molecular complexity index is 597. The minimum atomic E-state index is -0.523. The maximum atomic E-state index is 11.0. The van der Waals surface area contributed by atoms with Gasteiger partial charge in [-0.15, -0.1) is 0 Å². The summed E-state index contributed by atoms with van der Waals surface area (Å²) in [5.41, 5.74) is 8.22. The average molecular weight is 368 g/mol. The van der Waals surface area contributed by atoms with Crippen molar-refractivity contribution in [1.82, 2.24) is 9.55 Å². The van der Waals surface area contributed by atoms with Crippen LogP contribution in [0.3, 0.4) is 0 Å². The molecule has 0 aromatic carbocycles. The molecule has 1 aliphatic rings. The number of rotatable bonds is 12. The minimum absolute atomic E-state index is 0.225. The highest BCUT2D eigenvalue weighted by molar-refractivity contribution is 5.06. The molecule has 1 fully saturated rings. The van der Waals surface area contributed by atoms with E-state index in [1.807, 2.05) is 0 Å². The smallest absolute Gasteiger partial charge is 0.390 e. The monoisotopic (exact) mass is 368 g/mol. The van der Waals surface area contributed by atoms with Crippen LogP contribution in [-0.4, -0.2) is 53.2 Å². The first-order valence-corrected chi connectivity index (χ1v) is 8.72. The van der Waals surface area contributed by atoms with Crippen LogP contribution < -0.4 is 0 Å². The molecule has 11 nitrogen and oxygen atoms in total. The summed E-state index contributed by atoms with van der Waals surface area (Å²) in [6.07, 6.45) is 6.59. The van der Waals surface area contributed by atoms with Gasteiger partial charge in [0.2, 0.25) is 0 Å². The third kappa shape index (κ3) is 6.96. The van der Waals surface area contributed by atoms with Gasteiger partial charge in [0.05, 0.1) is 6.61 Å². The van der Waals surface area contributed by atoms with Gasteiger partial charge in [-0.05, 0) is 42.6 Å². The van der Waals surface area contributed by atoms with E-state index in [0.29, 0.717) is 19.8 Å². The van der Waals surface area contributed by atoms with E-state index in [9.17, 15) is 10.1 Å². The van der Waals surface area contributed by atoms with E-state index >= 15 is 0 Å². The van der Waals surface area contributed by atoms with Crippen LogP contribution in [0.1, 0.15) is 32.1 Å². The van der Waals surface area contributed by atoms with Crippen LogP contribution >= 0.6 is 0 Å². The third-order valence-corrected chi connectivity index (χ3v) is 3.90. The van der Waals surface area contributed by atoms with Crippen molar-refractivity contribution in [3.8, 4) is 0 Å². The maximum absolute atomic E-state index is 11.0. The fourth-order valence-corrected chi connectivity index (χ4v) is 2.65. The number of unbranched alkanes of at least 4 members (excludes halogenated alkanes) is 1. The molecule has 26 heavy (non-hydrogen) atoms. The van der Waals surface area contributed by atoms with Crippen molar-refractivity contribution in [1.29, 1.82) is 0 Å². The molecular formula is C15H24N6O5. The number of hydrogen-bond donors (Lipinski definition) is 0. The van der Waals surface area contributed by atoms with Crippen LogP contribution in [-0.2, 0) is 20.8 Å². The van der Waals surface area contributed by atoms with Gasteiger partial charge in [0.25, 0.3) is 0 Å². The molecule has 1 saturated heterocycles. The maximum Gasteiger partial charge on any atom is 0.434 e. The van der Waals surface area contributed by atoms with Crippen LogP contribution in [0.25, 0.3) is 10.4 Å². The topological polar surface area (TPSA) is 137 Å². The van der Waals surface area contributed by atoms with Gasteiger partial charge in [-0.25, -0.2) is 4.57 Å². The number of hydrogen-bond acceptors (Lipinski definition) is 7. The number of ether oxygens (including phenoxy) is 3. The second-order valence-corrected chi connectivity index (χ2v) is 5.93. The second kappa shape index (κ2) is 11.4. The lowest BCUT2D eigenvalue weighted by molar-refractivity contribution is -0.397. The summed E-state index contributed by atoms with van der Waals surface area (Å²) in [5.74, 6) is -0.225. The van der Waals surface area contributed by atoms with E-state index in [1.54, 1.807) is 6.20 Å². The van der Waals surface area contributed by atoms with Crippen molar-refractivity contribution < 1.29 is 19.1 Å². The number of imidazole rings is 1. The summed E-state index contributed by atoms with van der Waals surface area (Å²) in [5, 5.41) is 14.5. The van der Waals surface area contributed by atoms with Gasteiger partial charge < -0.3 is 24.3 Å². The van der Waals surface area contributed by atoms with Gasteiger partial charge in [-0.1, -0.05) is 10.1 Å². The molecule has 0 N–H and O–H groups in total. The molecule has 2 heterocycles. The SMILES string of the molecule is [N-]=[N+]=NCCCCOCC(Cn1ccnc1[N+](=O)[O-])OC1CCCCO1. The lowest BCUT2D eigenvalue weighted by Gasteiger charge is -2.27. The molecule has 1 aromatic heterocycles. The third-order valence-electron chi connectivity index (χ3n) is 3.90. The molecule has 144 valence electrons. The molecule has 1 aliphatic heterocycles. The predicted molar refractivity (Wildman–Crippen MR) is 91.4 cm³/mol. The van der Waals surface area contributed by atoms with Gasteiger partial charge >= 0.3 is 5.95 Å². The second-order valence-electron chi connectivity index (χ2n) is 5.93. The van der Waals surface area contributed by atoms with E-state index < -0.39 is 4.92 Å². The number of nitrogens with zero attached hydrogens (tertiary/aromatic N) is 6. The molecular weight excluding hydrogens is 344 g/mol. The molecule has 0 amide bonds. The van der Waals surface area contributed by atoms with Gasteiger partial charge in [-0.3, -0.25) is 0 Å². The summed E-state index contributed by atoms with van der Waals surface area (Å²) in [7, 11) is 0. The highest BCUT2D eigenvalue weighted by atomic mass is 16.7. The zero-order valence-electron chi connectivity index (χ0n) is 14.6. The Morgan fingerprint density at radius 3 is 3.15 bits per heavy atom. The summed E-state index contributed by atoms with van der Waals surface area (Å²) in [4.78, 5) is 17.0. The van der Waals surface area contributed by atoms with Crippen LogP contribution in [0.4, 0.5) is 5.95 Å². The zero-order chi connectivity index (χ0) is 18.6. The normalized spacial score (nSPS) is 18.2. The Balaban J connectivity index is 1.85. The van der Waals surface area contributed by atoms with E-state index in [0.717, 1.165) is 32.1 Å². The van der Waals surface area contributed by atoms with Crippen LogP contribution in [0.15, 0.2) is 17.5 Å². The van der Waals surface area contributed by atoms with Crippen molar-refractivity contribution in [2.24, 2.45) is 5.11 Å².